The smallest absolute Gasteiger partial charge is 0.280 e. The van der Waals surface area contributed by atoms with Crippen molar-refractivity contribution in [1.82, 2.24) is 29.2 Å². The largest absolute Gasteiger partial charge is 0.337 e. The van der Waals surface area contributed by atoms with E-state index in [2.05, 4.69) is 26.2 Å². The van der Waals surface area contributed by atoms with E-state index >= 15 is 0 Å². The monoisotopic (exact) mass is 436 g/mol. The first-order chi connectivity index (χ1) is 15.5. The molecule has 4 aromatic rings. The van der Waals surface area contributed by atoms with Crippen molar-refractivity contribution >= 4 is 16.7 Å². The van der Waals surface area contributed by atoms with Crippen LogP contribution in [0, 0.1) is 11.8 Å². The number of alkyl halides is 2. The van der Waals surface area contributed by atoms with E-state index in [0.29, 0.717) is 28.8 Å². The molecule has 1 fully saturated rings. The summed E-state index contributed by atoms with van der Waals surface area (Å²) in [6.07, 6.45) is 3.44. The fraction of sp³-hybridized carbons (Fsp3) is 0.318. The van der Waals surface area contributed by atoms with E-state index in [1.165, 1.54) is 17.0 Å². The van der Waals surface area contributed by atoms with Crippen molar-refractivity contribution in [2.24, 2.45) is 18.9 Å². The third-order valence-corrected chi connectivity index (χ3v) is 6.38. The predicted molar refractivity (Wildman–Crippen MR) is 110 cm³/mol. The zero-order chi connectivity index (χ0) is 22.0. The molecule has 1 aromatic carbocycles. The second kappa shape index (κ2) is 6.91. The number of hydrogen-bond acceptors (Lipinski definition) is 6. The van der Waals surface area contributed by atoms with Crippen molar-refractivity contribution in [3.63, 3.8) is 0 Å². The third kappa shape index (κ3) is 2.97. The van der Waals surface area contributed by atoms with E-state index in [9.17, 15) is 13.6 Å². The SMILES string of the molecule is Cn1cnc2ncn(Cc3nc([C@H]4[C@@H]5C=C(c6cccc(C(F)F)c6)C[C@@H]54)no3)c(=O)c21. The van der Waals surface area contributed by atoms with Crippen LogP contribution in [0.5, 0.6) is 0 Å². The summed E-state index contributed by atoms with van der Waals surface area (Å²) in [7, 11) is 1.74. The van der Waals surface area contributed by atoms with Gasteiger partial charge < -0.3 is 9.09 Å². The fourth-order valence-electron chi connectivity index (χ4n) is 4.69. The average Bonchev–Trinajstić information content (AvgIpc) is 3.21. The van der Waals surface area contributed by atoms with Crippen molar-refractivity contribution in [3.05, 3.63) is 76.2 Å². The number of hydrogen-bond donors (Lipinski definition) is 0. The highest BCUT2D eigenvalue weighted by molar-refractivity contribution is 5.71. The Labute approximate surface area is 180 Å². The van der Waals surface area contributed by atoms with Gasteiger partial charge in [-0.3, -0.25) is 9.36 Å². The number of rotatable bonds is 5. The minimum absolute atomic E-state index is 0.0392. The molecule has 2 aliphatic rings. The van der Waals surface area contributed by atoms with Crippen LogP contribution < -0.4 is 5.56 Å². The summed E-state index contributed by atoms with van der Waals surface area (Å²) in [5.74, 6) is 1.74. The van der Waals surface area contributed by atoms with E-state index in [4.69, 9.17) is 4.52 Å². The number of nitrogens with zero attached hydrogens (tertiary/aromatic N) is 6. The summed E-state index contributed by atoms with van der Waals surface area (Å²) in [6.45, 7) is 0.128. The minimum Gasteiger partial charge on any atom is -0.337 e. The molecule has 0 unspecified atom stereocenters. The Bertz CT molecular complexity index is 1440. The highest BCUT2D eigenvalue weighted by Gasteiger charge is 2.55. The summed E-state index contributed by atoms with van der Waals surface area (Å²) >= 11 is 0. The molecule has 3 atom stereocenters. The van der Waals surface area contributed by atoms with Gasteiger partial charge in [0.25, 0.3) is 12.0 Å². The van der Waals surface area contributed by atoms with Crippen molar-refractivity contribution in [2.75, 3.05) is 0 Å². The Morgan fingerprint density at radius 2 is 2.09 bits per heavy atom. The van der Waals surface area contributed by atoms with Gasteiger partial charge in [0.05, 0.1) is 6.33 Å². The molecule has 1 saturated carbocycles. The second-order valence-corrected chi connectivity index (χ2v) is 8.34. The molecule has 0 saturated heterocycles. The van der Waals surface area contributed by atoms with Gasteiger partial charge in [0.2, 0.25) is 5.89 Å². The number of allylic oxidation sites excluding steroid dienone is 2. The number of aromatic nitrogens is 6. The van der Waals surface area contributed by atoms with Crippen LogP contribution in [0.3, 0.4) is 0 Å². The van der Waals surface area contributed by atoms with Crippen molar-refractivity contribution in [2.45, 2.75) is 25.3 Å². The van der Waals surface area contributed by atoms with Crippen LogP contribution >= 0.6 is 0 Å². The second-order valence-electron chi connectivity index (χ2n) is 8.34. The molecule has 0 radical (unpaired) electrons. The molecule has 3 aromatic heterocycles. The molecule has 0 amide bonds. The van der Waals surface area contributed by atoms with Gasteiger partial charge in [0.15, 0.2) is 17.0 Å². The topological polar surface area (TPSA) is 91.6 Å². The minimum atomic E-state index is -2.47. The van der Waals surface area contributed by atoms with Crippen molar-refractivity contribution < 1.29 is 13.3 Å². The molecule has 162 valence electrons. The molecule has 0 spiro atoms. The highest BCUT2D eigenvalue weighted by Crippen LogP contribution is 2.62. The predicted octanol–water partition coefficient (Wildman–Crippen LogP) is 3.32. The summed E-state index contributed by atoms with van der Waals surface area (Å²) in [6, 6.07) is 6.55. The molecule has 6 rings (SSSR count). The van der Waals surface area contributed by atoms with Gasteiger partial charge in [0, 0.05) is 18.5 Å². The Kier molecular flexibility index (Phi) is 4.11. The first kappa shape index (κ1) is 19.0. The molecule has 0 aliphatic heterocycles. The van der Waals surface area contributed by atoms with Gasteiger partial charge in [-0.25, -0.2) is 18.7 Å². The summed E-state index contributed by atoms with van der Waals surface area (Å²) in [5, 5.41) is 4.12. The van der Waals surface area contributed by atoms with E-state index in [1.54, 1.807) is 30.1 Å². The van der Waals surface area contributed by atoms with E-state index in [0.717, 1.165) is 17.6 Å². The Balaban J connectivity index is 1.19. The van der Waals surface area contributed by atoms with Crippen LogP contribution in [0.15, 0.2) is 52.3 Å². The molecule has 8 nitrogen and oxygen atoms in total. The van der Waals surface area contributed by atoms with E-state index in [1.807, 2.05) is 6.07 Å². The quantitative estimate of drug-likeness (QED) is 0.477. The number of imidazole rings is 1. The lowest BCUT2D eigenvalue weighted by molar-refractivity contribution is 0.151. The zero-order valence-electron chi connectivity index (χ0n) is 17.0. The summed E-state index contributed by atoms with van der Waals surface area (Å²) in [4.78, 5) is 25.5. The number of aryl methyl sites for hydroxylation is 1. The fourth-order valence-corrected chi connectivity index (χ4v) is 4.69. The molecular weight excluding hydrogens is 418 g/mol. The van der Waals surface area contributed by atoms with E-state index < -0.39 is 6.43 Å². The van der Waals surface area contributed by atoms with Gasteiger partial charge in [-0.15, -0.1) is 0 Å². The molecule has 10 heteroatoms. The lowest BCUT2D eigenvalue weighted by Gasteiger charge is -2.08. The molecule has 2 aliphatic carbocycles. The molecule has 3 heterocycles. The standard InChI is InChI=1S/C22H18F2N6O2/c1-29-9-25-21-18(29)22(31)30(10-26-21)8-16-27-20(28-32-16)17-14-6-13(7-15(14)17)11-3-2-4-12(5-11)19(23)24/h2-6,9-10,14-15,17,19H,7-8H2,1H3/t14-,15+,17+/m1/s1. The maximum absolute atomic E-state index is 13.0. The van der Waals surface area contributed by atoms with Crippen molar-refractivity contribution in [1.29, 1.82) is 0 Å². The number of halogens is 2. The first-order valence-electron chi connectivity index (χ1n) is 10.3. The lowest BCUT2D eigenvalue weighted by Crippen LogP contribution is -2.22. The first-order valence-corrected chi connectivity index (χ1v) is 10.3. The van der Waals surface area contributed by atoms with Gasteiger partial charge in [0.1, 0.15) is 12.9 Å². The van der Waals surface area contributed by atoms with Crippen LogP contribution in [-0.2, 0) is 13.6 Å². The summed E-state index contributed by atoms with van der Waals surface area (Å²) in [5.41, 5.74) is 2.56. The van der Waals surface area contributed by atoms with Gasteiger partial charge in [-0.2, -0.15) is 4.98 Å². The maximum Gasteiger partial charge on any atom is 0.280 e. The van der Waals surface area contributed by atoms with Crippen LogP contribution in [0.1, 0.15) is 41.6 Å². The molecule has 0 N–H and O–H groups in total. The Morgan fingerprint density at radius 1 is 1.25 bits per heavy atom. The van der Waals surface area contributed by atoms with E-state index in [-0.39, 0.29) is 29.5 Å². The highest BCUT2D eigenvalue weighted by atomic mass is 19.3. The zero-order valence-corrected chi connectivity index (χ0v) is 17.0. The molecule has 32 heavy (non-hydrogen) atoms. The Morgan fingerprint density at radius 3 is 2.88 bits per heavy atom. The van der Waals surface area contributed by atoms with Gasteiger partial charge in [-0.1, -0.05) is 29.4 Å². The van der Waals surface area contributed by atoms with Crippen LogP contribution in [0.2, 0.25) is 0 Å². The molecule has 0 bridgehead atoms. The van der Waals surface area contributed by atoms with Crippen LogP contribution in [0.4, 0.5) is 8.78 Å². The summed E-state index contributed by atoms with van der Waals surface area (Å²) < 4.78 is 34.4. The number of benzene rings is 1. The normalized spacial score (nSPS) is 21.9. The third-order valence-electron chi connectivity index (χ3n) is 6.38. The molecular formula is C22H18F2N6O2. The van der Waals surface area contributed by atoms with Crippen LogP contribution in [-0.4, -0.2) is 29.2 Å². The van der Waals surface area contributed by atoms with Gasteiger partial charge in [-0.05, 0) is 35.5 Å². The maximum atomic E-state index is 13.0. The number of fused-ring (bicyclic) bond motifs is 2. The average molecular weight is 436 g/mol. The Hall–Kier alpha value is -3.69. The van der Waals surface area contributed by atoms with Crippen molar-refractivity contribution in [3.8, 4) is 0 Å². The lowest BCUT2D eigenvalue weighted by atomic mass is 9.99. The van der Waals surface area contributed by atoms with Crippen LogP contribution in [0.25, 0.3) is 16.7 Å². The van der Waals surface area contributed by atoms with Gasteiger partial charge >= 0.3 is 0 Å².